The van der Waals surface area contributed by atoms with E-state index in [1.165, 1.54) is 56.0 Å². The van der Waals surface area contributed by atoms with Gasteiger partial charge in [-0.05, 0) is 157 Å². The van der Waals surface area contributed by atoms with Gasteiger partial charge in [-0.2, -0.15) is 0 Å². The van der Waals surface area contributed by atoms with E-state index in [2.05, 4.69) is 235 Å². The van der Waals surface area contributed by atoms with Crippen molar-refractivity contribution in [1.82, 2.24) is 4.57 Å². The quantitative estimate of drug-likeness (QED) is 0.138. The molecule has 58 heavy (non-hydrogen) atoms. The largest absolute Gasteiger partial charge is 0.488 e. The van der Waals surface area contributed by atoms with Crippen LogP contribution in [0.15, 0.2) is 170 Å². The molecule has 8 aromatic rings. The summed E-state index contributed by atoms with van der Waals surface area (Å²) in [6.45, 7) is 18.0. The molecule has 0 spiro atoms. The van der Waals surface area contributed by atoms with Gasteiger partial charge in [0.05, 0.1) is 11.0 Å². The van der Waals surface area contributed by atoms with Crippen molar-refractivity contribution >= 4 is 38.9 Å². The van der Waals surface area contributed by atoms with Crippen LogP contribution >= 0.6 is 0 Å². The van der Waals surface area contributed by atoms with Crippen molar-refractivity contribution in [2.45, 2.75) is 73.3 Å². The summed E-state index contributed by atoms with van der Waals surface area (Å²) in [4.78, 5) is 2.31. The normalized spacial score (nSPS) is 12.6. The van der Waals surface area contributed by atoms with Gasteiger partial charge in [-0.25, -0.2) is 0 Å². The fourth-order valence-corrected chi connectivity index (χ4v) is 8.45. The molecule has 3 nitrogen and oxygen atoms in total. The average Bonchev–Trinajstić information content (AvgIpc) is 3.53. The molecule has 1 unspecified atom stereocenters. The minimum atomic E-state index is -0.263. The molecule has 1 heterocycles. The zero-order chi connectivity index (χ0) is 40.6. The summed E-state index contributed by atoms with van der Waals surface area (Å²) >= 11 is 0. The monoisotopic (exact) mass is 760 g/mol. The summed E-state index contributed by atoms with van der Waals surface area (Å²) in [7, 11) is 0. The molecule has 0 aliphatic carbocycles. The number of rotatable bonds is 10. The number of hydrogen-bond acceptors (Lipinski definition) is 2. The molecular formula is C55H56N2O. The molecule has 292 valence electrons. The average molecular weight is 761 g/mol. The fraction of sp³-hybridized carbons (Fsp3) is 0.236. The smallest absolute Gasteiger partial charge is 0.120 e. The number of ether oxygens (including phenoxy) is 1. The second-order valence-electron chi connectivity index (χ2n) is 18.2. The molecule has 0 aliphatic rings. The molecule has 1 aromatic heterocycles. The number of hydrogen-bond donors (Lipinski definition) is 0. The SMILES string of the molecule is CC(C)CC(c1ccc(-c2ccc3c(c2)c2cc(-c4ccc(N(c5ccccc5)c5ccccc5)cc4)ccc2n3-c2ccc(OC(C)(C)C)cc2)cc1)C(C)(C)C. The summed E-state index contributed by atoms with van der Waals surface area (Å²) < 4.78 is 8.59. The standard InChI is InChI=1S/C55H56N2O/c1-38(2)35-51(54(3,4)5)41-21-19-39(20-22-41)42-25-33-52-49(36-42)50-37-43(26-34-53(50)57(52)47-29-31-48(32-30-47)58-55(6,7)8)40-23-27-46(28-24-40)56(44-15-11-9-12-16-44)45-17-13-10-14-18-45/h9-34,36-38,51H,35H2,1-8H3. The van der Waals surface area contributed by atoms with Gasteiger partial charge in [0, 0.05) is 33.5 Å². The van der Waals surface area contributed by atoms with Gasteiger partial charge in [0.15, 0.2) is 0 Å². The maximum atomic E-state index is 6.20. The van der Waals surface area contributed by atoms with Gasteiger partial charge in [0.25, 0.3) is 0 Å². The van der Waals surface area contributed by atoms with Crippen LogP contribution in [-0.4, -0.2) is 10.2 Å². The van der Waals surface area contributed by atoms with Gasteiger partial charge in [0.2, 0.25) is 0 Å². The molecule has 0 N–H and O–H groups in total. The first-order valence-corrected chi connectivity index (χ1v) is 20.8. The second kappa shape index (κ2) is 15.7. The third kappa shape index (κ3) is 8.18. The lowest BCUT2D eigenvalue weighted by Crippen LogP contribution is -2.22. The van der Waals surface area contributed by atoms with E-state index in [9.17, 15) is 0 Å². The summed E-state index contributed by atoms with van der Waals surface area (Å²) in [5, 5.41) is 2.46. The zero-order valence-corrected chi connectivity index (χ0v) is 35.3. The van der Waals surface area contributed by atoms with E-state index in [0.29, 0.717) is 11.8 Å². The van der Waals surface area contributed by atoms with Crippen LogP contribution in [0.1, 0.15) is 73.3 Å². The van der Waals surface area contributed by atoms with Crippen LogP contribution < -0.4 is 9.64 Å². The molecule has 0 amide bonds. The van der Waals surface area contributed by atoms with Crippen LogP contribution in [0.25, 0.3) is 49.7 Å². The summed E-state index contributed by atoms with van der Waals surface area (Å²) in [5.41, 5.74) is 13.0. The Labute approximate surface area is 345 Å². The topological polar surface area (TPSA) is 17.4 Å². The Bertz CT molecular complexity index is 2580. The first-order chi connectivity index (χ1) is 27.8. The van der Waals surface area contributed by atoms with Gasteiger partial charge in [-0.3, -0.25) is 0 Å². The predicted octanol–water partition coefficient (Wildman–Crippen LogP) is 15.9. The van der Waals surface area contributed by atoms with E-state index in [4.69, 9.17) is 4.74 Å². The number of aromatic nitrogens is 1. The number of nitrogens with zero attached hydrogens (tertiary/aromatic N) is 2. The number of benzene rings is 7. The molecule has 0 saturated heterocycles. The lowest BCUT2D eigenvalue weighted by atomic mass is 9.72. The Morgan fingerprint density at radius 2 is 0.948 bits per heavy atom. The maximum absolute atomic E-state index is 6.20. The Morgan fingerprint density at radius 1 is 0.500 bits per heavy atom. The van der Waals surface area contributed by atoms with Gasteiger partial charge < -0.3 is 14.2 Å². The van der Waals surface area contributed by atoms with Crippen LogP contribution in [0.2, 0.25) is 0 Å². The molecular weight excluding hydrogens is 705 g/mol. The first-order valence-electron chi connectivity index (χ1n) is 20.8. The molecule has 8 rings (SSSR count). The Kier molecular flexibility index (Phi) is 10.5. The van der Waals surface area contributed by atoms with Crippen molar-refractivity contribution in [3.8, 4) is 33.7 Å². The van der Waals surface area contributed by atoms with Gasteiger partial charge in [0.1, 0.15) is 11.4 Å². The number of fused-ring (bicyclic) bond motifs is 3. The molecule has 3 heteroatoms. The lowest BCUT2D eigenvalue weighted by Gasteiger charge is -2.32. The summed E-state index contributed by atoms with van der Waals surface area (Å²) in [6, 6.07) is 61.9. The Morgan fingerprint density at radius 3 is 1.40 bits per heavy atom. The van der Waals surface area contributed by atoms with Crippen molar-refractivity contribution in [3.05, 3.63) is 175 Å². The van der Waals surface area contributed by atoms with Gasteiger partial charge in [-0.15, -0.1) is 0 Å². The van der Waals surface area contributed by atoms with Crippen LogP contribution in [0.3, 0.4) is 0 Å². The molecule has 0 aliphatic heterocycles. The lowest BCUT2D eigenvalue weighted by molar-refractivity contribution is 0.131. The van der Waals surface area contributed by atoms with E-state index in [1.54, 1.807) is 0 Å². The minimum Gasteiger partial charge on any atom is -0.488 e. The van der Waals surface area contributed by atoms with E-state index in [0.717, 1.165) is 28.5 Å². The zero-order valence-electron chi connectivity index (χ0n) is 35.3. The minimum absolute atomic E-state index is 0.199. The van der Waals surface area contributed by atoms with Crippen molar-refractivity contribution in [3.63, 3.8) is 0 Å². The number of para-hydroxylation sites is 2. The van der Waals surface area contributed by atoms with Crippen LogP contribution in [0.5, 0.6) is 5.75 Å². The third-order valence-electron chi connectivity index (χ3n) is 11.2. The van der Waals surface area contributed by atoms with Crippen LogP contribution in [0, 0.1) is 11.3 Å². The van der Waals surface area contributed by atoms with Crippen molar-refractivity contribution < 1.29 is 4.74 Å². The Balaban J connectivity index is 1.22. The van der Waals surface area contributed by atoms with Crippen LogP contribution in [0.4, 0.5) is 17.1 Å². The summed E-state index contributed by atoms with van der Waals surface area (Å²) in [5.74, 6) is 2.02. The van der Waals surface area contributed by atoms with Crippen LogP contribution in [-0.2, 0) is 0 Å². The van der Waals surface area contributed by atoms with E-state index < -0.39 is 0 Å². The van der Waals surface area contributed by atoms with Crippen molar-refractivity contribution in [2.24, 2.45) is 11.3 Å². The van der Waals surface area contributed by atoms with E-state index in [1.807, 2.05) is 0 Å². The fourth-order valence-electron chi connectivity index (χ4n) is 8.45. The first kappa shape index (κ1) is 38.8. The molecule has 1 atom stereocenters. The van der Waals surface area contributed by atoms with Gasteiger partial charge >= 0.3 is 0 Å². The van der Waals surface area contributed by atoms with Crippen molar-refractivity contribution in [1.29, 1.82) is 0 Å². The highest BCUT2D eigenvalue weighted by Crippen LogP contribution is 2.42. The number of anilines is 3. The molecule has 0 saturated carbocycles. The highest BCUT2D eigenvalue weighted by atomic mass is 16.5. The summed E-state index contributed by atoms with van der Waals surface area (Å²) in [6.07, 6.45) is 1.18. The molecule has 0 bridgehead atoms. The Hall–Kier alpha value is -6.06. The predicted molar refractivity (Wildman–Crippen MR) is 248 cm³/mol. The maximum Gasteiger partial charge on any atom is 0.120 e. The molecule has 7 aromatic carbocycles. The highest BCUT2D eigenvalue weighted by molar-refractivity contribution is 6.11. The van der Waals surface area contributed by atoms with E-state index in [-0.39, 0.29) is 11.0 Å². The third-order valence-corrected chi connectivity index (χ3v) is 11.2. The van der Waals surface area contributed by atoms with Gasteiger partial charge in [-0.1, -0.05) is 120 Å². The highest BCUT2D eigenvalue weighted by Gasteiger charge is 2.27. The van der Waals surface area contributed by atoms with E-state index >= 15 is 0 Å². The molecule has 0 fully saturated rings. The van der Waals surface area contributed by atoms with Crippen molar-refractivity contribution in [2.75, 3.05) is 4.90 Å². The second-order valence-corrected chi connectivity index (χ2v) is 18.2. The molecule has 0 radical (unpaired) electrons.